The van der Waals surface area contributed by atoms with Crippen LogP contribution in [-0.2, 0) is 9.53 Å². The highest BCUT2D eigenvalue weighted by atomic mass is 35.5. The lowest BCUT2D eigenvalue weighted by Crippen LogP contribution is -2.41. The molecule has 108 valence electrons. The highest BCUT2D eigenvalue weighted by Gasteiger charge is 2.25. The van der Waals surface area contributed by atoms with Crippen LogP contribution in [0.1, 0.15) is 23.3 Å². The number of aliphatic carboxylic acids is 1. The predicted octanol–water partition coefficient (Wildman–Crippen LogP) is 1.44. The van der Waals surface area contributed by atoms with Gasteiger partial charge in [-0.3, -0.25) is 4.79 Å². The highest BCUT2D eigenvalue weighted by Crippen LogP contribution is 2.16. The molecule has 1 fully saturated rings. The lowest BCUT2D eigenvalue weighted by Gasteiger charge is -2.31. The summed E-state index contributed by atoms with van der Waals surface area (Å²) in [4.78, 5) is 28.3. The van der Waals surface area contributed by atoms with E-state index in [0.29, 0.717) is 36.6 Å². The molecule has 0 aliphatic carbocycles. The summed E-state index contributed by atoms with van der Waals surface area (Å²) in [5.41, 5.74) is 0.360. The highest BCUT2D eigenvalue weighted by molar-refractivity contribution is 6.30. The monoisotopic (exact) mass is 298 g/mol. The van der Waals surface area contributed by atoms with Crippen LogP contribution in [0.3, 0.4) is 0 Å². The maximum absolute atomic E-state index is 12.2. The molecule has 0 radical (unpaired) electrons. The number of halogens is 1. The van der Waals surface area contributed by atoms with Crippen LogP contribution in [0.15, 0.2) is 18.3 Å². The third-order valence-corrected chi connectivity index (χ3v) is 3.34. The smallest absolute Gasteiger partial charge is 0.329 e. The van der Waals surface area contributed by atoms with Gasteiger partial charge >= 0.3 is 5.97 Å². The average molecular weight is 299 g/mol. The zero-order valence-electron chi connectivity index (χ0n) is 10.8. The molecule has 20 heavy (non-hydrogen) atoms. The lowest BCUT2D eigenvalue weighted by atomic mass is 10.1. The van der Waals surface area contributed by atoms with Crippen molar-refractivity contribution < 1.29 is 19.4 Å². The number of rotatable bonds is 4. The van der Waals surface area contributed by atoms with E-state index in [2.05, 4.69) is 4.98 Å². The average Bonchev–Trinajstić information content (AvgIpc) is 2.46. The SMILES string of the molecule is O=C(O)COC1CCN(C(=O)c2ccc(Cl)cn2)CC1. The number of hydrogen-bond donors (Lipinski definition) is 1. The summed E-state index contributed by atoms with van der Waals surface area (Å²) in [6.07, 6.45) is 2.60. The zero-order valence-corrected chi connectivity index (χ0v) is 11.5. The second kappa shape index (κ2) is 6.67. The van der Waals surface area contributed by atoms with Gasteiger partial charge in [0.25, 0.3) is 5.91 Å². The number of ether oxygens (including phenoxy) is 1. The van der Waals surface area contributed by atoms with Crippen LogP contribution in [0.4, 0.5) is 0 Å². The Morgan fingerprint density at radius 2 is 2.10 bits per heavy atom. The Kier molecular flexibility index (Phi) is 4.92. The van der Waals surface area contributed by atoms with Crippen molar-refractivity contribution in [3.8, 4) is 0 Å². The van der Waals surface area contributed by atoms with Gasteiger partial charge < -0.3 is 14.7 Å². The molecular weight excluding hydrogens is 284 g/mol. The molecule has 0 atom stereocenters. The van der Waals surface area contributed by atoms with Gasteiger partial charge in [-0.25, -0.2) is 9.78 Å². The van der Waals surface area contributed by atoms with Crippen LogP contribution < -0.4 is 0 Å². The van der Waals surface area contributed by atoms with Crippen molar-refractivity contribution in [2.24, 2.45) is 0 Å². The minimum absolute atomic E-state index is 0.103. The van der Waals surface area contributed by atoms with E-state index in [4.69, 9.17) is 21.4 Å². The van der Waals surface area contributed by atoms with Crippen molar-refractivity contribution in [3.05, 3.63) is 29.0 Å². The van der Waals surface area contributed by atoms with Gasteiger partial charge in [0.05, 0.1) is 11.1 Å². The number of carbonyl (C=O) groups is 2. The van der Waals surface area contributed by atoms with Gasteiger partial charge in [-0.2, -0.15) is 0 Å². The van der Waals surface area contributed by atoms with Gasteiger partial charge in [0.15, 0.2) is 0 Å². The lowest BCUT2D eigenvalue weighted by molar-refractivity contribution is -0.145. The van der Waals surface area contributed by atoms with Crippen LogP contribution in [0.25, 0.3) is 0 Å². The van der Waals surface area contributed by atoms with Crippen molar-refractivity contribution >= 4 is 23.5 Å². The molecule has 1 amide bonds. The number of carboxylic acid groups (broad SMARTS) is 1. The number of nitrogens with zero attached hydrogens (tertiary/aromatic N) is 2. The van der Waals surface area contributed by atoms with Crippen molar-refractivity contribution in [1.29, 1.82) is 0 Å². The Labute approximate surface area is 121 Å². The molecule has 1 aliphatic rings. The molecular formula is C13H15ClN2O4. The fourth-order valence-corrected chi connectivity index (χ4v) is 2.19. The first kappa shape index (κ1) is 14.7. The topological polar surface area (TPSA) is 79.7 Å². The van der Waals surface area contributed by atoms with Crippen LogP contribution in [-0.4, -0.2) is 52.7 Å². The van der Waals surface area contributed by atoms with E-state index in [9.17, 15) is 9.59 Å². The number of likely N-dealkylation sites (tertiary alicyclic amines) is 1. The molecule has 1 saturated heterocycles. The molecule has 0 bridgehead atoms. The normalized spacial score (nSPS) is 16.1. The summed E-state index contributed by atoms with van der Waals surface area (Å²) >= 11 is 5.73. The fourth-order valence-electron chi connectivity index (χ4n) is 2.08. The van der Waals surface area contributed by atoms with Crippen LogP contribution in [0, 0.1) is 0 Å². The summed E-state index contributed by atoms with van der Waals surface area (Å²) < 4.78 is 5.22. The molecule has 0 saturated carbocycles. The van der Waals surface area contributed by atoms with Gasteiger partial charge in [-0.1, -0.05) is 11.6 Å². The first-order valence-electron chi connectivity index (χ1n) is 6.30. The minimum atomic E-state index is -0.978. The third kappa shape index (κ3) is 3.91. The standard InChI is InChI=1S/C13H15ClN2O4/c14-9-1-2-11(15-7-9)13(19)16-5-3-10(4-6-16)20-8-12(17)18/h1-2,7,10H,3-6,8H2,(H,17,18). The van der Waals surface area contributed by atoms with Gasteiger partial charge in [-0.05, 0) is 25.0 Å². The minimum Gasteiger partial charge on any atom is -0.480 e. The molecule has 0 spiro atoms. The number of piperidine rings is 1. The largest absolute Gasteiger partial charge is 0.480 e. The van der Waals surface area contributed by atoms with Gasteiger partial charge in [0.1, 0.15) is 12.3 Å². The van der Waals surface area contributed by atoms with Gasteiger partial charge in [0, 0.05) is 19.3 Å². The van der Waals surface area contributed by atoms with E-state index in [1.165, 1.54) is 6.20 Å². The molecule has 0 unspecified atom stereocenters. The molecule has 0 aromatic carbocycles. The Bertz CT molecular complexity index is 484. The molecule has 1 aromatic rings. The number of amides is 1. The molecule has 1 aromatic heterocycles. The molecule has 1 N–H and O–H groups in total. The predicted molar refractivity (Wildman–Crippen MR) is 71.8 cm³/mol. The molecule has 7 heteroatoms. The number of pyridine rings is 1. The van der Waals surface area contributed by atoms with Gasteiger partial charge in [0.2, 0.25) is 0 Å². The van der Waals surface area contributed by atoms with Crippen LogP contribution >= 0.6 is 11.6 Å². The van der Waals surface area contributed by atoms with Crippen LogP contribution in [0.5, 0.6) is 0 Å². The van der Waals surface area contributed by atoms with E-state index in [-0.39, 0.29) is 18.6 Å². The van der Waals surface area contributed by atoms with Crippen LogP contribution in [0.2, 0.25) is 5.02 Å². The number of carbonyl (C=O) groups excluding carboxylic acids is 1. The Hall–Kier alpha value is -1.66. The van der Waals surface area contributed by atoms with E-state index < -0.39 is 5.97 Å². The second-order valence-corrected chi connectivity index (χ2v) is 4.99. The summed E-state index contributed by atoms with van der Waals surface area (Å²) in [5, 5.41) is 9.04. The van der Waals surface area contributed by atoms with E-state index in [1.807, 2.05) is 0 Å². The summed E-state index contributed by atoms with van der Waals surface area (Å²) in [6.45, 7) is 0.776. The molecule has 2 rings (SSSR count). The van der Waals surface area contributed by atoms with E-state index in [0.717, 1.165) is 0 Å². The zero-order chi connectivity index (χ0) is 14.5. The Morgan fingerprint density at radius 1 is 1.40 bits per heavy atom. The fraction of sp³-hybridized carbons (Fsp3) is 0.462. The third-order valence-electron chi connectivity index (χ3n) is 3.12. The van der Waals surface area contributed by atoms with Gasteiger partial charge in [-0.15, -0.1) is 0 Å². The quantitative estimate of drug-likeness (QED) is 0.910. The second-order valence-electron chi connectivity index (χ2n) is 4.56. The van der Waals surface area contributed by atoms with Crippen molar-refractivity contribution in [2.75, 3.05) is 19.7 Å². The first-order valence-corrected chi connectivity index (χ1v) is 6.68. The number of aromatic nitrogens is 1. The Morgan fingerprint density at radius 3 is 2.65 bits per heavy atom. The number of hydrogen-bond acceptors (Lipinski definition) is 4. The molecule has 1 aliphatic heterocycles. The van der Waals surface area contributed by atoms with E-state index in [1.54, 1.807) is 17.0 Å². The maximum atomic E-state index is 12.2. The van der Waals surface area contributed by atoms with Crippen molar-refractivity contribution in [1.82, 2.24) is 9.88 Å². The summed E-state index contributed by atoms with van der Waals surface area (Å²) in [7, 11) is 0. The Balaban J connectivity index is 1.85. The van der Waals surface area contributed by atoms with Crippen molar-refractivity contribution in [2.45, 2.75) is 18.9 Å². The summed E-state index contributed by atoms with van der Waals surface area (Å²) in [6, 6.07) is 3.22. The number of carboxylic acids is 1. The maximum Gasteiger partial charge on any atom is 0.329 e. The van der Waals surface area contributed by atoms with E-state index >= 15 is 0 Å². The summed E-state index contributed by atoms with van der Waals surface area (Å²) in [5.74, 6) is -1.12. The molecule has 2 heterocycles. The molecule has 6 nitrogen and oxygen atoms in total. The first-order chi connectivity index (χ1) is 9.56. The van der Waals surface area contributed by atoms with Crippen molar-refractivity contribution in [3.63, 3.8) is 0 Å².